The molecule has 0 amide bonds. The van der Waals surface area contributed by atoms with Crippen LogP contribution in [-0.2, 0) is 4.74 Å². The van der Waals surface area contributed by atoms with E-state index in [1.807, 2.05) is 6.07 Å². The molecule has 0 fully saturated rings. The van der Waals surface area contributed by atoms with Crippen molar-refractivity contribution < 1.29 is 19.4 Å². The number of hydrogen-bond acceptors (Lipinski definition) is 4. The van der Waals surface area contributed by atoms with Crippen LogP contribution in [0.3, 0.4) is 0 Å². The first-order valence-electron chi connectivity index (χ1n) is 4.70. The number of carboxylic acid groups (broad SMARTS) is 1. The van der Waals surface area contributed by atoms with Gasteiger partial charge < -0.3 is 14.6 Å². The Morgan fingerprint density at radius 1 is 1.47 bits per heavy atom. The largest absolute Gasteiger partial charge is 0.477 e. The highest BCUT2D eigenvalue weighted by molar-refractivity contribution is 9.10. The first-order chi connectivity index (χ1) is 8.11. The maximum atomic E-state index is 10.9. The van der Waals surface area contributed by atoms with Gasteiger partial charge in [0, 0.05) is 11.8 Å². The second kappa shape index (κ2) is 5.03. The second-order valence-electron chi connectivity index (χ2n) is 3.29. The van der Waals surface area contributed by atoms with Gasteiger partial charge in [0.05, 0.1) is 4.47 Å². The Morgan fingerprint density at radius 2 is 2.24 bits per heavy atom. The minimum Gasteiger partial charge on any atom is -0.477 e. The fourth-order valence-electron chi connectivity index (χ4n) is 1.38. The zero-order valence-corrected chi connectivity index (χ0v) is 11.3. The van der Waals surface area contributed by atoms with Crippen LogP contribution in [-0.4, -0.2) is 25.0 Å². The van der Waals surface area contributed by atoms with Crippen LogP contribution in [0, 0.1) is 0 Å². The van der Waals surface area contributed by atoms with Gasteiger partial charge >= 0.3 is 5.97 Å². The molecule has 6 heteroatoms. The highest BCUT2D eigenvalue weighted by Crippen LogP contribution is 2.35. The minimum absolute atomic E-state index is 0.154. The molecule has 1 aromatic heterocycles. The van der Waals surface area contributed by atoms with Gasteiger partial charge in [-0.3, -0.25) is 0 Å². The molecule has 0 spiro atoms. The maximum Gasteiger partial charge on any atom is 0.345 e. The minimum atomic E-state index is -0.915. The second-order valence-corrected chi connectivity index (χ2v) is 5.23. The molecule has 0 bridgehead atoms. The van der Waals surface area contributed by atoms with Gasteiger partial charge in [0.25, 0.3) is 0 Å². The number of ether oxygens (including phenoxy) is 2. The molecule has 0 saturated heterocycles. The van der Waals surface area contributed by atoms with Crippen LogP contribution in [0.1, 0.15) is 9.67 Å². The molecular formula is C11H9BrO4S. The molecule has 17 heavy (non-hydrogen) atoms. The van der Waals surface area contributed by atoms with Gasteiger partial charge in [0.1, 0.15) is 10.6 Å². The Bertz CT molecular complexity index is 564. The van der Waals surface area contributed by atoms with E-state index in [0.717, 1.165) is 14.6 Å². The predicted octanol–water partition coefficient (Wildman–Crippen LogP) is 3.34. The Balaban J connectivity index is 2.44. The number of methoxy groups -OCH3 is 1. The summed E-state index contributed by atoms with van der Waals surface area (Å²) in [7, 11) is 1.54. The summed E-state index contributed by atoms with van der Waals surface area (Å²) < 4.78 is 11.8. The molecule has 90 valence electrons. The lowest BCUT2D eigenvalue weighted by molar-refractivity contribution is 0.0507. The third-order valence-corrected chi connectivity index (χ3v) is 3.82. The van der Waals surface area contributed by atoms with Gasteiger partial charge in [0.15, 0.2) is 6.79 Å². The molecule has 2 rings (SSSR count). The summed E-state index contributed by atoms with van der Waals surface area (Å²) in [6.07, 6.45) is 0. The molecule has 0 unspecified atom stereocenters. The average Bonchev–Trinajstić information content (AvgIpc) is 2.68. The highest BCUT2D eigenvalue weighted by atomic mass is 79.9. The molecule has 0 aliphatic heterocycles. The van der Waals surface area contributed by atoms with E-state index < -0.39 is 5.97 Å². The number of benzene rings is 1. The number of halogens is 1. The Hall–Kier alpha value is -1.11. The molecule has 0 radical (unpaired) electrons. The first-order valence-corrected chi connectivity index (χ1v) is 6.31. The normalized spacial score (nSPS) is 10.7. The van der Waals surface area contributed by atoms with Crippen molar-refractivity contribution in [3.8, 4) is 5.75 Å². The summed E-state index contributed by atoms with van der Waals surface area (Å²) in [6.45, 7) is 0.154. The Morgan fingerprint density at radius 3 is 2.88 bits per heavy atom. The van der Waals surface area contributed by atoms with E-state index in [-0.39, 0.29) is 6.79 Å². The number of rotatable bonds is 4. The summed E-state index contributed by atoms with van der Waals surface area (Å²) in [4.78, 5) is 11.2. The van der Waals surface area contributed by atoms with Crippen LogP contribution in [0.5, 0.6) is 5.75 Å². The number of hydrogen-bond donors (Lipinski definition) is 1. The van der Waals surface area contributed by atoms with E-state index in [1.165, 1.54) is 11.3 Å². The third-order valence-electron chi connectivity index (χ3n) is 2.11. The lowest BCUT2D eigenvalue weighted by atomic mass is 10.2. The summed E-state index contributed by atoms with van der Waals surface area (Å²) in [6, 6.07) is 5.28. The van der Waals surface area contributed by atoms with E-state index >= 15 is 0 Å². The van der Waals surface area contributed by atoms with Crippen LogP contribution < -0.4 is 4.74 Å². The van der Waals surface area contributed by atoms with Crippen LogP contribution in [0.2, 0.25) is 0 Å². The van der Waals surface area contributed by atoms with E-state index in [9.17, 15) is 4.79 Å². The van der Waals surface area contributed by atoms with Crippen molar-refractivity contribution in [3.63, 3.8) is 0 Å². The number of fused-ring (bicyclic) bond motifs is 1. The number of carbonyl (C=O) groups is 1. The van der Waals surface area contributed by atoms with E-state index in [1.54, 1.807) is 19.2 Å². The Kier molecular flexibility index (Phi) is 3.66. The number of aromatic carboxylic acids is 1. The van der Waals surface area contributed by atoms with Crippen LogP contribution in [0.15, 0.2) is 22.7 Å². The highest BCUT2D eigenvalue weighted by Gasteiger charge is 2.11. The van der Waals surface area contributed by atoms with Crippen molar-refractivity contribution >= 4 is 43.3 Å². The lowest BCUT2D eigenvalue weighted by Crippen LogP contribution is -1.98. The third kappa shape index (κ3) is 2.59. The summed E-state index contributed by atoms with van der Waals surface area (Å²) in [5.74, 6) is -0.278. The summed E-state index contributed by atoms with van der Waals surface area (Å²) in [5.41, 5.74) is 0. The van der Waals surface area contributed by atoms with Crippen molar-refractivity contribution in [3.05, 3.63) is 27.5 Å². The zero-order valence-electron chi connectivity index (χ0n) is 8.90. The molecule has 1 aromatic carbocycles. The Labute approximate surface area is 110 Å². The van der Waals surface area contributed by atoms with Gasteiger partial charge in [-0.15, -0.1) is 11.3 Å². The topological polar surface area (TPSA) is 55.8 Å². The molecule has 4 nitrogen and oxygen atoms in total. The number of carboxylic acids is 1. The predicted molar refractivity (Wildman–Crippen MR) is 69.0 cm³/mol. The monoisotopic (exact) mass is 316 g/mol. The van der Waals surface area contributed by atoms with E-state index in [0.29, 0.717) is 10.6 Å². The van der Waals surface area contributed by atoms with Crippen molar-refractivity contribution in [2.75, 3.05) is 13.9 Å². The van der Waals surface area contributed by atoms with Gasteiger partial charge in [-0.05, 0) is 39.5 Å². The van der Waals surface area contributed by atoms with Gasteiger partial charge in [-0.25, -0.2) is 4.79 Å². The molecule has 0 aliphatic rings. The molecular weight excluding hydrogens is 308 g/mol. The quantitative estimate of drug-likeness (QED) is 0.879. The summed E-state index contributed by atoms with van der Waals surface area (Å²) >= 11 is 4.59. The van der Waals surface area contributed by atoms with Crippen molar-refractivity contribution in [2.24, 2.45) is 0 Å². The molecule has 0 saturated carbocycles. The van der Waals surface area contributed by atoms with Crippen molar-refractivity contribution in [2.45, 2.75) is 0 Å². The average molecular weight is 317 g/mol. The van der Waals surface area contributed by atoms with Crippen molar-refractivity contribution in [1.82, 2.24) is 0 Å². The fraction of sp³-hybridized carbons (Fsp3) is 0.182. The fourth-order valence-corrected chi connectivity index (χ4v) is 2.77. The lowest BCUT2D eigenvalue weighted by Gasteiger charge is -2.06. The van der Waals surface area contributed by atoms with Gasteiger partial charge in [0.2, 0.25) is 0 Å². The molecule has 0 aliphatic carbocycles. The molecule has 1 heterocycles. The maximum absolute atomic E-state index is 10.9. The van der Waals surface area contributed by atoms with Crippen LogP contribution in [0.25, 0.3) is 10.1 Å². The van der Waals surface area contributed by atoms with Gasteiger partial charge in [-0.2, -0.15) is 0 Å². The van der Waals surface area contributed by atoms with Gasteiger partial charge in [-0.1, -0.05) is 0 Å². The van der Waals surface area contributed by atoms with E-state index in [4.69, 9.17) is 14.6 Å². The smallest absolute Gasteiger partial charge is 0.345 e. The zero-order chi connectivity index (χ0) is 12.4. The standard InChI is InChI=1S/C11H9BrO4S/c1-15-5-16-8-4-9-6(2-7(8)12)3-10(17-9)11(13)14/h2-4H,5H2,1H3,(H,13,14). The molecule has 0 atom stereocenters. The van der Waals surface area contributed by atoms with Crippen molar-refractivity contribution in [1.29, 1.82) is 0 Å². The van der Waals surface area contributed by atoms with Crippen LogP contribution in [0.4, 0.5) is 0 Å². The SMILES string of the molecule is COCOc1cc2sc(C(=O)O)cc2cc1Br. The van der Waals surface area contributed by atoms with Crippen LogP contribution >= 0.6 is 27.3 Å². The summed E-state index contributed by atoms with van der Waals surface area (Å²) in [5, 5.41) is 9.79. The number of thiophene rings is 1. The molecule has 1 N–H and O–H groups in total. The van der Waals surface area contributed by atoms with E-state index in [2.05, 4.69) is 15.9 Å². The first kappa shape index (κ1) is 12.3. The molecule has 2 aromatic rings.